The average Bonchev–Trinajstić information content (AvgIpc) is 2.92. The third-order valence-electron chi connectivity index (χ3n) is 2.27. The number of ether oxygens (including phenoxy) is 1. The minimum absolute atomic E-state index is 0.0446. The molecule has 6 nitrogen and oxygen atoms in total. The number of hydrogen-bond donors (Lipinski definition) is 0. The molecule has 0 bridgehead atoms. The van der Waals surface area contributed by atoms with Gasteiger partial charge in [0, 0.05) is 18.5 Å². The van der Waals surface area contributed by atoms with Crippen LogP contribution in [-0.2, 0) is 9.53 Å². The van der Waals surface area contributed by atoms with E-state index in [1.54, 1.807) is 6.92 Å². The highest BCUT2D eigenvalue weighted by Crippen LogP contribution is 2.36. The van der Waals surface area contributed by atoms with Crippen LogP contribution in [0.5, 0.6) is 0 Å². The standard InChI is InChI=1S/C12H11F3N4O2S2/c1-2-21-10(20)7-22-11-16-4-3-9(18-11)19-6-8(5-17-19)23-12(13,14)15/h3-6H,2,7H2,1H3. The summed E-state index contributed by atoms with van der Waals surface area (Å²) in [4.78, 5) is 19.4. The van der Waals surface area contributed by atoms with Crippen molar-refractivity contribution in [2.24, 2.45) is 0 Å². The van der Waals surface area contributed by atoms with Crippen molar-refractivity contribution in [3.8, 4) is 5.82 Å². The molecule has 2 aromatic heterocycles. The first-order valence-electron chi connectivity index (χ1n) is 6.29. The predicted octanol–water partition coefficient (Wildman–Crippen LogP) is 2.93. The molecular formula is C12H11F3N4O2S2. The molecule has 0 radical (unpaired) electrons. The number of carbonyl (C=O) groups excluding carboxylic acids is 1. The van der Waals surface area contributed by atoms with Gasteiger partial charge in [-0.05, 0) is 18.7 Å². The second kappa shape index (κ2) is 7.68. The van der Waals surface area contributed by atoms with Gasteiger partial charge in [0.25, 0.3) is 0 Å². The number of hydrogen-bond acceptors (Lipinski definition) is 7. The van der Waals surface area contributed by atoms with Gasteiger partial charge in [0.1, 0.15) is 0 Å². The lowest BCUT2D eigenvalue weighted by atomic mass is 10.6. The number of carbonyl (C=O) groups is 1. The third kappa shape index (κ3) is 5.75. The molecule has 0 atom stereocenters. The zero-order chi connectivity index (χ0) is 16.9. The molecule has 2 heterocycles. The minimum atomic E-state index is -4.37. The van der Waals surface area contributed by atoms with Crippen molar-refractivity contribution in [2.75, 3.05) is 12.4 Å². The number of alkyl halides is 3. The van der Waals surface area contributed by atoms with Crippen LogP contribution in [0.3, 0.4) is 0 Å². The van der Waals surface area contributed by atoms with E-state index in [9.17, 15) is 18.0 Å². The number of halogens is 3. The van der Waals surface area contributed by atoms with Crippen LogP contribution in [0.25, 0.3) is 5.82 Å². The van der Waals surface area contributed by atoms with E-state index in [4.69, 9.17) is 4.74 Å². The summed E-state index contributed by atoms with van der Waals surface area (Å²) in [7, 11) is 0. The van der Waals surface area contributed by atoms with Gasteiger partial charge in [0.2, 0.25) is 0 Å². The molecule has 0 aliphatic heterocycles. The van der Waals surface area contributed by atoms with Gasteiger partial charge in [-0.25, -0.2) is 14.6 Å². The average molecular weight is 364 g/mol. The Morgan fingerprint density at radius 2 is 2.22 bits per heavy atom. The highest BCUT2D eigenvalue weighted by Gasteiger charge is 2.30. The SMILES string of the molecule is CCOC(=O)CSc1nccc(-n2cc(SC(F)(F)F)cn2)n1. The maximum atomic E-state index is 12.3. The molecule has 2 aromatic rings. The number of rotatable bonds is 6. The Hall–Kier alpha value is -1.75. The number of aromatic nitrogens is 4. The number of thioether (sulfide) groups is 2. The summed E-state index contributed by atoms with van der Waals surface area (Å²) in [6.07, 6.45) is 3.76. The van der Waals surface area contributed by atoms with Gasteiger partial charge >= 0.3 is 11.5 Å². The quantitative estimate of drug-likeness (QED) is 0.443. The molecule has 11 heteroatoms. The zero-order valence-corrected chi connectivity index (χ0v) is 13.4. The molecule has 23 heavy (non-hydrogen) atoms. The molecule has 0 aliphatic carbocycles. The molecule has 124 valence electrons. The summed E-state index contributed by atoms with van der Waals surface area (Å²) in [5.74, 6) is -0.0409. The molecule has 0 N–H and O–H groups in total. The fourth-order valence-electron chi connectivity index (χ4n) is 1.47. The smallest absolute Gasteiger partial charge is 0.446 e. The molecule has 0 fully saturated rings. The summed E-state index contributed by atoms with van der Waals surface area (Å²) >= 11 is 0.818. The Bertz CT molecular complexity index is 678. The van der Waals surface area contributed by atoms with E-state index in [-0.39, 0.29) is 29.0 Å². The number of esters is 1. The Balaban J connectivity index is 2.06. The van der Waals surface area contributed by atoms with Crippen LogP contribution < -0.4 is 0 Å². The summed E-state index contributed by atoms with van der Waals surface area (Å²) in [5.41, 5.74) is -4.37. The van der Waals surface area contributed by atoms with E-state index in [0.717, 1.165) is 18.0 Å². The predicted molar refractivity (Wildman–Crippen MR) is 78.4 cm³/mol. The molecule has 0 spiro atoms. The summed E-state index contributed by atoms with van der Waals surface area (Å²) in [6.45, 7) is 1.99. The van der Waals surface area contributed by atoms with Crippen LogP contribution >= 0.6 is 23.5 Å². The van der Waals surface area contributed by atoms with Gasteiger partial charge in [0.15, 0.2) is 11.0 Å². The van der Waals surface area contributed by atoms with Crippen molar-refractivity contribution >= 4 is 29.5 Å². The fraction of sp³-hybridized carbons (Fsp3) is 0.333. The summed E-state index contributed by atoms with van der Waals surface area (Å²) in [6, 6.07) is 1.50. The fourth-order valence-corrected chi connectivity index (χ4v) is 2.62. The van der Waals surface area contributed by atoms with E-state index >= 15 is 0 Å². The molecule has 0 aliphatic rings. The molecule has 2 rings (SSSR count). The van der Waals surface area contributed by atoms with E-state index in [1.807, 2.05) is 0 Å². The lowest BCUT2D eigenvalue weighted by Crippen LogP contribution is -2.07. The van der Waals surface area contributed by atoms with Crippen molar-refractivity contribution < 1.29 is 22.7 Å². The van der Waals surface area contributed by atoms with E-state index in [1.165, 1.54) is 23.1 Å². The first-order chi connectivity index (χ1) is 10.9. The van der Waals surface area contributed by atoms with Gasteiger partial charge in [-0.1, -0.05) is 11.8 Å². The van der Waals surface area contributed by atoms with E-state index in [2.05, 4.69) is 15.1 Å². The molecule has 0 aromatic carbocycles. The Kier molecular flexibility index (Phi) is 5.88. The molecule has 0 amide bonds. The van der Waals surface area contributed by atoms with Crippen LogP contribution in [0.15, 0.2) is 34.7 Å². The van der Waals surface area contributed by atoms with Crippen LogP contribution in [0.4, 0.5) is 13.2 Å². The maximum absolute atomic E-state index is 12.3. The maximum Gasteiger partial charge on any atom is 0.446 e. The highest BCUT2D eigenvalue weighted by atomic mass is 32.2. The van der Waals surface area contributed by atoms with Crippen LogP contribution in [0.2, 0.25) is 0 Å². The van der Waals surface area contributed by atoms with Crippen LogP contribution in [0.1, 0.15) is 6.92 Å². The van der Waals surface area contributed by atoms with E-state index in [0.29, 0.717) is 11.0 Å². The topological polar surface area (TPSA) is 69.9 Å². The summed E-state index contributed by atoms with van der Waals surface area (Å²) in [5, 5.41) is 4.14. The summed E-state index contributed by atoms with van der Waals surface area (Å²) < 4.78 is 42.9. The lowest BCUT2D eigenvalue weighted by Gasteiger charge is -2.04. The molecule has 0 saturated carbocycles. The highest BCUT2D eigenvalue weighted by molar-refractivity contribution is 8.00. The van der Waals surface area contributed by atoms with Crippen molar-refractivity contribution in [2.45, 2.75) is 22.5 Å². The normalized spacial score (nSPS) is 11.5. The third-order valence-corrected chi connectivity index (χ3v) is 3.78. The number of nitrogens with zero attached hydrogens (tertiary/aromatic N) is 4. The van der Waals surface area contributed by atoms with Crippen molar-refractivity contribution in [1.29, 1.82) is 0 Å². The van der Waals surface area contributed by atoms with Gasteiger partial charge in [-0.15, -0.1) is 0 Å². The van der Waals surface area contributed by atoms with E-state index < -0.39 is 11.5 Å². The first-order valence-corrected chi connectivity index (χ1v) is 8.10. The lowest BCUT2D eigenvalue weighted by molar-refractivity contribution is -0.139. The van der Waals surface area contributed by atoms with Gasteiger partial charge in [0.05, 0.1) is 23.5 Å². The second-order valence-corrected chi connectivity index (χ2v) is 6.04. The second-order valence-electron chi connectivity index (χ2n) is 3.96. The van der Waals surface area contributed by atoms with Crippen LogP contribution in [-0.4, -0.2) is 43.6 Å². The van der Waals surface area contributed by atoms with Crippen molar-refractivity contribution in [3.05, 3.63) is 24.7 Å². The Labute approximate surface area is 137 Å². The van der Waals surface area contributed by atoms with Crippen molar-refractivity contribution in [1.82, 2.24) is 19.7 Å². The first kappa shape index (κ1) is 17.6. The van der Waals surface area contributed by atoms with Crippen molar-refractivity contribution in [3.63, 3.8) is 0 Å². The van der Waals surface area contributed by atoms with Crippen LogP contribution in [0, 0.1) is 0 Å². The molecule has 0 unspecified atom stereocenters. The Morgan fingerprint density at radius 3 is 2.91 bits per heavy atom. The minimum Gasteiger partial charge on any atom is -0.465 e. The molecule has 0 saturated heterocycles. The Morgan fingerprint density at radius 1 is 1.43 bits per heavy atom. The largest absolute Gasteiger partial charge is 0.465 e. The molecular weight excluding hydrogens is 353 g/mol. The zero-order valence-electron chi connectivity index (χ0n) is 11.8. The van der Waals surface area contributed by atoms with Gasteiger partial charge < -0.3 is 4.74 Å². The monoisotopic (exact) mass is 364 g/mol. The van der Waals surface area contributed by atoms with Gasteiger partial charge in [-0.2, -0.15) is 18.3 Å². The van der Waals surface area contributed by atoms with Gasteiger partial charge in [-0.3, -0.25) is 4.79 Å².